The van der Waals surface area contributed by atoms with Crippen molar-refractivity contribution < 1.29 is 14.4 Å². The molecule has 0 aromatic heterocycles. The zero-order valence-electron chi connectivity index (χ0n) is 6.22. The number of hydrogen-bond donors (Lipinski definition) is 1. The number of amides is 2. The summed E-state index contributed by atoms with van der Waals surface area (Å²) >= 11 is 0. The van der Waals surface area contributed by atoms with Crippen LogP contribution in [0.25, 0.3) is 0 Å². The second kappa shape index (κ2) is 2.82. The quantitative estimate of drug-likeness (QED) is 0.553. The summed E-state index contributed by atoms with van der Waals surface area (Å²) in [7, 11) is 0. The molecule has 1 rings (SSSR count). The molecule has 0 aromatic rings. The van der Waals surface area contributed by atoms with Gasteiger partial charge in [0.15, 0.2) is 0 Å². The number of carbonyl (C=O) groups is 3. The van der Waals surface area contributed by atoms with Crippen molar-refractivity contribution in [1.82, 2.24) is 5.32 Å². The van der Waals surface area contributed by atoms with Gasteiger partial charge in [-0.1, -0.05) is 0 Å². The Morgan fingerprint density at radius 3 is 2.64 bits per heavy atom. The molecule has 11 heavy (non-hydrogen) atoms. The van der Waals surface area contributed by atoms with Crippen molar-refractivity contribution in [3.05, 3.63) is 0 Å². The number of Topliss-reactive ketones (excluding diaryl/α,β-unsaturated/α-hetero) is 1. The van der Waals surface area contributed by atoms with Crippen molar-refractivity contribution >= 4 is 17.6 Å². The number of rotatable bonds is 2. The van der Waals surface area contributed by atoms with E-state index in [-0.39, 0.29) is 30.4 Å². The molecule has 4 heteroatoms. The number of hydrogen-bond acceptors (Lipinski definition) is 3. The lowest BCUT2D eigenvalue weighted by Crippen LogP contribution is -2.22. The van der Waals surface area contributed by atoms with Gasteiger partial charge in [0.25, 0.3) is 0 Å². The third-order valence-corrected chi connectivity index (χ3v) is 1.60. The molecule has 1 fully saturated rings. The number of carbonyl (C=O) groups excluding carboxylic acids is 3. The number of ketones is 1. The van der Waals surface area contributed by atoms with E-state index in [1.807, 2.05) is 0 Å². The van der Waals surface area contributed by atoms with Crippen LogP contribution in [0.2, 0.25) is 0 Å². The van der Waals surface area contributed by atoms with E-state index in [1.54, 1.807) is 0 Å². The Hall–Kier alpha value is -1.19. The fourth-order valence-corrected chi connectivity index (χ4v) is 1.12. The van der Waals surface area contributed by atoms with Crippen LogP contribution in [0.4, 0.5) is 0 Å². The fraction of sp³-hybridized carbons (Fsp3) is 0.571. The molecule has 0 radical (unpaired) electrons. The largest absolute Gasteiger partial charge is 0.300 e. The van der Waals surface area contributed by atoms with Crippen LogP contribution in [0.5, 0.6) is 0 Å². The molecule has 1 unspecified atom stereocenters. The van der Waals surface area contributed by atoms with E-state index in [0.29, 0.717) is 0 Å². The molecule has 4 nitrogen and oxygen atoms in total. The van der Waals surface area contributed by atoms with Gasteiger partial charge in [-0.15, -0.1) is 0 Å². The van der Waals surface area contributed by atoms with Crippen molar-refractivity contribution in [3.8, 4) is 0 Å². The lowest BCUT2D eigenvalue weighted by molar-refractivity contribution is -0.128. The van der Waals surface area contributed by atoms with E-state index in [9.17, 15) is 14.4 Å². The molecular formula is C7H9NO3. The average Bonchev–Trinajstić information content (AvgIpc) is 2.09. The van der Waals surface area contributed by atoms with Crippen LogP contribution in [0.3, 0.4) is 0 Å². The SMILES string of the molecule is CC(=O)CC1CC(=O)NC1=O. The van der Waals surface area contributed by atoms with E-state index in [4.69, 9.17) is 0 Å². The highest BCUT2D eigenvalue weighted by Crippen LogP contribution is 2.14. The second-order valence-corrected chi connectivity index (χ2v) is 2.72. The third-order valence-electron chi connectivity index (χ3n) is 1.60. The van der Waals surface area contributed by atoms with Crippen LogP contribution in [0, 0.1) is 5.92 Å². The summed E-state index contributed by atoms with van der Waals surface area (Å²) in [5.74, 6) is -1.06. The van der Waals surface area contributed by atoms with Crippen LogP contribution in [0.15, 0.2) is 0 Å². The minimum absolute atomic E-state index is 0.0557. The average molecular weight is 155 g/mol. The van der Waals surface area contributed by atoms with Gasteiger partial charge in [-0.05, 0) is 6.92 Å². The van der Waals surface area contributed by atoms with Gasteiger partial charge < -0.3 is 4.79 Å². The maximum absolute atomic E-state index is 10.8. The summed E-state index contributed by atoms with van der Waals surface area (Å²) in [6.45, 7) is 1.41. The first-order valence-electron chi connectivity index (χ1n) is 3.42. The highest BCUT2D eigenvalue weighted by atomic mass is 16.2. The zero-order chi connectivity index (χ0) is 8.43. The van der Waals surface area contributed by atoms with E-state index in [2.05, 4.69) is 5.32 Å². The maximum atomic E-state index is 10.8. The summed E-state index contributed by atoms with van der Waals surface area (Å²) in [6.07, 6.45) is 0.343. The molecule has 0 bridgehead atoms. The Kier molecular flexibility index (Phi) is 2.03. The topological polar surface area (TPSA) is 63.2 Å². The van der Waals surface area contributed by atoms with Crippen LogP contribution in [0.1, 0.15) is 19.8 Å². The van der Waals surface area contributed by atoms with Gasteiger partial charge in [0.05, 0.1) is 5.92 Å². The second-order valence-electron chi connectivity index (χ2n) is 2.72. The first kappa shape index (κ1) is 7.91. The molecule has 1 aliphatic heterocycles. The zero-order valence-corrected chi connectivity index (χ0v) is 6.22. The summed E-state index contributed by atoms with van der Waals surface area (Å²) in [5, 5.41) is 2.14. The summed E-state index contributed by atoms with van der Waals surface area (Å²) < 4.78 is 0. The van der Waals surface area contributed by atoms with E-state index in [1.165, 1.54) is 6.92 Å². The van der Waals surface area contributed by atoms with Gasteiger partial charge in [0.1, 0.15) is 5.78 Å². The Morgan fingerprint density at radius 2 is 2.27 bits per heavy atom. The standard InChI is InChI=1S/C7H9NO3/c1-4(9)2-5-3-6(10)8-7(5)11/h5H,2-3H2,1H3,(H,8,10,11). The van der Waals surface area contributed by atoms with Crippen molar-refractivity contribution in [2.45, 2.75) is 19.8 Å². The number of imide groups is 1. The Morgan fingerprint density at radius 1 is 1.64 bits per heavy atom. The normalized spacial score (nSPS) is 23.5. The Labute approximate surface area is 64.0 Å². The first-order valence-corrected chi connectivity index (χ1v) is 3.42. The lowest BCUT2D eigenvalue weighted by Gasteiger charge is -1.99. The molecule has 1 atom stereocenters. The summed E-state index contributed by atoms with van der Waals surface area (Å²) in [6, 6.07) is 0. The number of nitrogens with one attached hydrogen (secondary N) is 1. The van der Waals surface area contributed by atoms with Gasteiger partial charge in [0.2, 0.25) is 11.8 Å². The predicted octanol–water partition coefficient (Wildman–Crippen LogP) is -0.372. The van der Waals surface area contributed by atoms with Crippen molar-refractivity contribution in [2.24, 2.45) is 5.92 Å². The predicted molar refractivity (Wildman–Crippen MR) is 36.6 cm³/mol. The maximum Gasteiger partial charge on any atom is 0.230 e. The molecule has 0 spiro atoms. The fourth-order valence-electron chi connectivity index (χ4n) is 1.12. The molecule has 1 N–H and O–H groups in total. The molecule has 0 aromatic carbocycles. The van der Waals surface area contributed by atoms with Gasteiger partial charge in [0, 0.05) is 12.8 Å². The molecule has 1 aliphatic rings. The summed E-state index contributed by atoms with van der Waals surface area (Å²) in [5.41, 5.74) is 0. The van der Waals surface area contributed by atoms with Crippen LogP contribution in [-0.2, 0) is 14.4 Å². The van der Waals surface area contributed by atoms with Crippen LogP contribution >= 0.6 is 0 Å². The Balaban J connectivity index is 2.53. The van der Waals surface area contributed by atoms with E-state index >= 15 is 0 Å². The van der Waals surface area contributed by atoms with Crippen molar-refractivity contribution in [1.29, 1.82) is 0 Å². The molecule has 2 amide bonds. The summed E-state index contributed by atoms with van der Waals surface area (Å²) in [4.78, 5) is 32.0. The molecular weight excluding hydrogens is 146 g/mol. The minimum Gasteiger partial charge on any atom is -0.300 e. The highest BCUT2D eigenvalue weighted by Gasteiger charge is 2.30. The lowest BCUT2D eigenvalue weighted by atomic mass is 10.0. The van der Waals surface area contributed by atoms with E-state index < -0.39 is 5.92 Å². The molecule has 0 aliphatic carbocycles. The minimum atomic E-state index is -0.417. The Bertz CT molecular complexity index is 222. The van der Waals surface area contributed by atoms with Gasteiger partial charge >= 0.3 is 0 Å². The smallest absolute Gasteiger partial charge is 0.230 e. The van der Waals surface area contributed by atoms with Crippen LogP contribution in [-0.4, -0.2) is 17.6 Å². The van der Waals surface area contributed by atoms with E-state index in [0.717, 1.165) is 0 Å². The molecule has 1 saturated heterocycles. The molecule has 60 valence electrons. The molecule has 1 heterocycles. The monoisotopic (exact) mass is 155 g/mol. The van der Waals surface area contributed by atoms with Gasteiger partial charge in [-0.25, -0.2) is 0 Å². The van der Waals surface area contributed by atoms with Gasteiger partial charge in [-0.3, -0.25) is 14.9 Å². The van der Waals surface area contributed by atoms with Crippen LogP contribution < -0.4 is 5.32 Å². The highest BCUT2D eigenvalue weighted by molar-refractivity contribution is 6.04. The molecule has 0 saturated carbocycles. The first-order chi connectivity index (χ1) is 5.09. The van der Waals surface area contributed by atoms with Crippen molar-refractivity contribution in [3.63, 3.8) is 0 Å². The third kappa shape index (κ3) is 1.86. The van der Waals surface area contributed by atoms with Gasteiger partial charge in [-0.2, -0.15) is 0 Å². The van der Waals surface area contributed by atoms with Crippen molar-refractivity contribution in [2.75, 3.05) is 0 Å².